The second kappa shape index (κ2) is 11.1. The average molecular weight is 486 g/mol. The number of ether oxygens (including phenoxy) is 1. The molecule has 1 saturated heterocycles. The van der Waals surface area contributed by atoms with Crippen LogP contribution in [-0.4, -0.2) is 35.4 Å². The Morgan fingerprint density at radius 2 is 1.67 bits per heavy atom. The van der Waals surface area contributed by atoms with E-state index in [4.69, 9.17) is 4.74 Å². The predicted molar refractivity (Wildman–Crippen MR) is 139 cm³/mol. The molecule has 2 atom stereocenters. The standard InChI is InChI=1S/C29H31N3O4/c1-4-16-30-28(34)25-26(36-29(35)32(25)18-21-10-8-19(2)9-11-21)22-12-14-24(15-13-22)31-27(33)23-7-5-6-20(3)17-23/h5-15,17,25-26H,4,16,18H2,1-3H3,(H,30,34)(H,31,33)/t25-,26+/m0/s1. The highest BCUT2D eigenvalue weighted by atomic mass is 16.6. The van der Waals surface area contributed by atoms with Gasteiger partial charge >= 0.3 is 6.09 Å². The zero-order valence-corrected chi connectivity index (χ0v) is 20.8. The van der Waals surface area contributed by atoms with Crippen molar-refractivity contribution in [1.82, 2.24) is 10.2 Å². The molecule has 4 rings (SSSR count). The van der Waals surface area contributed by atoms with E-state index in [2.05, 4.69) is 10.6 Å². The number of carbonyl (C=O) groups excluding carboxylic acids is 3. The van der Waals surface area contributed by atoms with Crippen LogP contribution >= 0.6 is 0 Å². The molecule has 3 aromatic carbocycles. The van der Waals surface area contributed by atoms with Crippen molar-refractivity contribution in [3.05, 3.63) is 101 Å². The van der Waals surface area contributed by atoms with Crippen LogP contribution < -0.4 is 10.6 Å². The van der Waals surface area contributed by atoms with Crippen LogP contribution in [0.4, 0.5) is 10.5 Å². The van der Waals surface area contributed by atoms with Gasteiger partial charge in [0.2, 0.25) is 5.91 Å². The van der Waals surface area contributed by atoms with Crippen LogP contribution in [0.3, 0.4) is 0 Å². The molecule has 1 aliphatic heterocycles. The molecule has 0 bridgehead atoms. The first kappa shape index (κ1) is 25.0. The second-order valence-corrected chi connectivity index (χ2v) is 9.10. The summed E-state index contributed by atoms with van der Waals surface area (Å²) in [6.45, 7) is 6.69. The van der Waals surface area contributed by atoms with Gasteiger partial charge in [-0.15, -0.1) is 0 Å². The second-order valence-electron chi connectivity index (χ2n) is 9.10. The van der Waals surface area contributed by atoms with E-state index < -0.39 is 18.2 Å². The molecule has 0 spiro atoms. The van der Waals surface area contributed by atoms with Gasteiger partial charge < -0.3 is 15.4 Å². The third-order valence-corrected chi connectivity index (χ3v) is 6.15. The lowest BCUT2D eigenvalue weighted by Crippen LogP contribution is -2.46. The molecule has 0 saturated carbocycles. The Balaban J connectivity index is 1.54. The Morgan fingerprint density at radius 1 is 0.944 bits per heavy atom. The maximum atomic E-state index is 13.1. The summed E-state index contributed by atoms with van der Waals surface area (Å²) in [4.78, 5) is 40.1. The zero-order valence-electron chi connectivity index (χ0n) is 20.8. The van der Waals surface area contributed by atoms with Crippen LogP contribution in [0.1, 0.15) is 52.1 Å². The number of cyclic esters (lactones) is 1. The molecule has 1 heterocycles. The lowest BCUT2D eigenvalue weighted by Gasteiger charge is -2.24. The van der Waals surface area contributed by atoms with Crippen molar-refractivity contribution in [1.29, 1.82) is 0 Å². The first-order chi connectivity index (χ1) is 17.4. The number of aryl methyl sites for hydroxylation is 2. The first-order valence-electron chi connectivity index (χ1n) is 12.1. The van der Waals surface area contributed by atoms with E-state index in [-0.39, 0.29) is 18.4 Å². The van der Waals surface area contributed by atoms with E-state index in [1.54, 1.807) is 30.3 Å². The molecule has 186 valence electrons. The van der Waals surface area contributed by atoms with Crippen molar-refractivity contribution < 1.29 is 19.1 Å². The third kappa shape index (κ3) is 5.74. The molecule has 7 nitrogen and oxygen atoms in total. The lowest BCUT2D eigenvalue weighted by atomic mass is 10.00. The van der Waals surface area contributed by atoms with Crippen molar-refractivity contribution in [3.63, 3.8) is 0 Å². The quantitative estimate of drug-likeness (QED) is 0.462. The summed E-state index contributed by atoms with van der Waals surface area (Å²) >= 11 is 0. The Morgan fingerprint density at radius 3 is 2.33 bits per heavy atom. The smallest absolute Gasteiger partial charge is 0.411 e. The molecule has 7 heteroatoms. The van der Waals surface area contributed by atoms with Crippen LogP contribution in [0, 0.1) is 13.8 Å². The monoisotopic (exact) mass is 485 g/mol. The van der Waals surface area contributed by atoms with Gasteiger partial charge in [-0.05, 0) is 55.7 Å². The van der Waals surface area contributed by atoms with Crippen molar-refractivity contribution in [2.24, 2.45) is 0 Å². The minimum absolute atomic E-state index is 0.208. The van der Waals surface area contributed by atoms with E-state index in [0.29, 0.717) is 23.4 Å². The molecular weight excluding hydrogens is 454 g/mol. The largest absolute Gasteiger partial charge is 0.438 e. The molecular formula is C29H31N3O4. The van der Waals surface area contributed by atoms with Gasteiger partial charge in [0.1, 0.15) is 0 Å². The van der Waals surface area contributed by atoms with Crippen molar-refractivity contribution in [2.45, 2.75) is 45.9 Å². The van der Waals surface area contributed by atoms with Crippen LogP contribution in [0.15, 0.2) is 72.8 Å². The van der Waals surface area contributed by atoms with Crippen molar-refractivity contribution in [2.75, 3.05) is 11.9 Å². The number of nitrogens with zero attached hydrogens (tertiary/aromatic N) is 1. The van der Waals surface area contributed by atoms with E-state index >= 15 is 0 Å². The van der Waals surface area contributed by atoms with Gasteiger partial charge in [0, 0.05) is 17.8 Å². The number of nitrogens with one attached hydrogen (secondary N) is 2. The molecule has 36 heavy (non-hydrogen) atoms. The SMILES string of the molecule is CCCNC(=O)[C@@H]1[C@@H](c2ccc(NC(=O)c3cccc(C)c3)cc2)OC(=O)N1Cc1ccc(C)cc1. The summed E-state index contributed by atoms with van der Waals surface area (Å²) in [6, 6.07) is 21.5. The molecule has 1 fully saturated rings. The summed E-state index contributed by atoms with van der Waals surface area (Å²) in [5, 5.41) is 5.79. The Bertz CT molecular complexity index is 1240. The Labute approximate surface area is 211 Å². The van der Waals surface area contributed by atoms with E-state index in [0.717, 1.165) is 23.1 Å². The maximum absolute atomic E-state index is 13.1. The van der Waals surface area contributed by atoms with E-state index in [1.807, 2.05) is 63.2 Å². The molecule has 0 unspecified atom stereocenters. The summed E-state index contributed by atoms with van der Waals surface area (Å²) in [5.74, 6) is -0.462. The zero-order chi connectivity index (χ0) is 25.7. The van der Waals surface area contributed by atoms with Crippen LogP contribution in [0.25, 0.3) is 0 Å². The highest BCUT2D eigenvalue weighted by Gasteiger charge is 2.46. The highest BCUT2D eigenvalue weighted by molar-refractivity contribution is 6.04. The van der Waals surface area contributed by atoms with Crippen molar-refractivity contribution in [3.8, 4) is 0 Å². The van der Waals surface area contributed by atoms with Gasteiger partial charge in [-0.25, -0.2) is 4.79 Å². The molecule has 0 aliphatic carbocycles. The van der Waals surface area contributed by atoms with Gasteiger partial charge in [0.15, 0.2) is 12.1 Å². The molecule has 3 amide bonds. The summed E-state index contributed by atoms with van der Waals surface area (Å²) in [7, 11) is 0. The van der Waals surface area contributed by atoms with Gasteiger partial charge in [0.05, 0.1) is 6.54 Å². The minimum atomic E-state index is -0.807. The number of benzene rings is 3. The normalized spacial score (nSPS) is 17.0. The summed E-state index contributed by atoms with van der Waals surface area (Å²) in [5.41, 5.74) is 4.90. The summed E-state index contributed by atoms with van der Waals surface area (Å²) < 4.78 is 5.71. The number of amides is 3. The number of anilines is 1. The molecule has 3 aromatic rings. The predicted octanol–water partition coefficient (Wildman–Crippen LogP) is 5.14. The third-order valence-electron chi connectivity index (χ3n) is 6.15. The molecule has 1 aliphatic rings. The Hall–Kier alpha value is -4.13. The lowest BCUT2D eigenvalue weighted by molar-refractivity contribution is -0.126. The number of hydrogen-bond donors (Lipinski definition) is 2. The first-order valence-corrected chi connectivity index (χ1v) is 12.1. The number of rotatable bonds is 8. The van der Waals surface area contributed by atoms with Gasteiger partial charge in [-0.2, -0.15) is 0 Å². The van der Waals surface area contributed by atoms with Crippen LogP contribution in [-0.2, 0) is 16.1 Å². The van der Waals surface area contributed by atoms with Crippen LogP contribution in [0.5, 0.6) is 0 Å². The molecule has 2 N–H and O–H groups in total. The van der Waals surface area contributed by atoms with Crippen LogP contribution in [0.2, 0.25) is 0 Å². The number of hydrogen-bond acceptors (Lipinski definition) is 4. The highest BCUT2D eigenvalue weighted by Crippen LogP contribution is 2.34. The minimum Gasteiger partial charge on any atom is -0.438 e. The summed E-state index contributed by atoms with van der Waals surface area (Å²) in [6.07, 6.45) is -0.513. The van der Waals surface area contributed by atoms with E-state index in [9.17, 15) is 14.4 Å². The topological polar surface area (TPSA) is 87.7 Å². The van der Waals surface area contributed by atoms with Gasteiger partial charge in [-0.3, -0.25) is 14.5 Å². The van der Waals surface area contributed by atoms with E-state index in [1.165, 1.54) is 4.90 Å². The fourth-order valence-corrected chi connectivity index (χ4v) is 4.20. The van der Waals surface area contributed by atoms with Gasteiger partial charge in [0.25, 0.3) is 5.91 Å². The van der Waals surface area contributed by atoms with Gasteiger partial charge in [-0.1, -0.05) is 66.6 Å². The maximum Gasteiger partial charge on any atom is 0.411 e. The fourth-order valence-electron chi connectivity index (χ4n) is 4.20. The molecule has 0 radical (unpaired) electrons. The molecule has 0 aromatic heterocycles. The number of carbonyl (C=O) groups is 3. The average Bonchev–Trinajstić information content (AvgIpc) is 3.20. The Kier molecular flexibility index (Phi) is 7.68. The fraction of sp³-hybridized carbons (Fsp3) is 0.276. The van der Waals surface area contributed by atoms with Crippen molar-refractivity contribution >= 4 is 23.6 Å².